The molecule has 1 unspecified atom stereocenters. The quantitative estimate of drug-likeness (QED) is 0.807. The number of H-pyrrole nitrogens is 1. The lowest BCUT2D eigenvalue weighted by atomic mass is 10.1. The Hall–Kier alpha value is -2.57. The summed E-state index contributed by atoms with van der Waals surface area (Å²) in [5.74, 6) is -1.56. The first-order valence-corrected chi connectivity index (χ1v) is 7.13. The molecule has 124 valence electrons. The molecule has 23 heavy (non-hydrogen) atoms. The van der Waals surface area contributed by atoms with E-state index >= 15 is 0 Å². The monoisotopic (exact) mass is 322 g/mol. The van der Waals surface area contributed by atoms with Gasteiger partial charge in [-0.2, -0.15) is 0 Å². The van der Waals surface area contributed by atoms with Gasteiger partial charge in [0.05, 0.1) is 0 Å². The van der Waals surface area contributed by atoms with E-state index in [1.165, 1.54) is 12.1 Å². The molecule has 0 bridgehead atoms. The van der Waals surface area contributed by atoms with Crippen LogP contribution in [0, 0.1) is 5.82 Å². The van der Waals surface area contributed by atoms with E-state index in [2.05, 4.69) is 10.3 Å². The summed E-state index contributed by atoms with van der Waals surface area (Å²) >= 11 is 0. The number of benzene rings is 1. The molecule has 2 aromatic rings. The zero-order chi connectivity index (χ0) is 17.2. The first-order valence-electron chi connectivity index (χ1n) is 7.13. The average molecular weight is 322 g/mol. The maximum absolute atomic E-state index is 13.2. The van der Waals surface area contributed by atoms with Gasteiger partial charge in [-0.15, -0.1) is 0 Å². The Kier molecular flexibility index (Phi) is 4.58. The van der Waals surface area contributed by atoms with E-state index in [4.69, 9.17) is 4.74 Å². The number of hydrogen-bond acceptors (Lipinski definition) is 3. The SMILES string of the molecule is CC(C)(C)OC(=O)NC(Cc1c[nH]c2cc(F)ccc12)C(=O)O. The lowest BCUT2D eigenvalue weighted by molar-refractivity contribution is -0.139. The molecular formula is C16H19FN2O4. The topological polar surface area (TPSA) is 91.4 Å². The van der Waals surface area contributed by atoms with Gasteiger partial charge in [-0.05, 0) is 44.5 Å². The van der Waals surface area contributed by atoms with E-state index in [0.717, 1.165) is 0 Å². The molecule has 1 atom stereocenters. The summed E-state index contributed by atoms with van der Waals surface area (Å²) in [6.45, 7) is 5.07. The Morgan fingerprint density at radius 1 is 1.39 bits per heavy atom. The smallest absolute Gasteiger partial charge is 0.408 e. The van der Waals surface area contributed by atoms with Gasteiger partial charge in [-0.25, -0.2) is 14.0 Å². The molecule has 0 saturated carbocycles. The highest BCUT2D eigenvalue weighted by Gasteiger charge is 2.25. The number of carbonyl (C=O) groups excluding carboxylic acids is 1. The molecule has 0 spiro atoms. The summed E-state index contributed by atoms with van der Waals surface area (Å²) in [5, 5.41) is 12.3. The third-order valence-electron chi connectivity index (χ3n) is 3.14. The summed E-state index contributed by atoms with van der Waals surface area (Å²) in [6.07, 6.45) is 0.868. The van der Waals surface area contributed by atoms with Crippen molar-refractivity contribution < 1.29 is 23.8 Å². The third-order valence-corrected chi connectivity index (χ3v) is 3.14. The maximum atomic E-state index is 13.2. The van der Waals surface area contributed by atoms with Crippen LogP contribution < -0.4 is 5.32 Å². The molecule has 1 amide bonds. The van der Waals surface area contributed by atoms with E-state index in [9.17, 15) is 19.1 Å². The minimum Gasteiger partial charge on any atom is -0.480 e. The molecule has 7 heteroatoms. The highest BCUT2D eigenvalue weighted by atomic mass is 19.1. The highest BCUT2D eigenvalue weighted by Crippen LogP contribution is 2.20. The molecule has 0 aliphatic rings. The molecular weight excluding hydrogens is 303 g/mol. The minimum absolute atomic E-state index is 0.0558. The number of carbonyl (C=O) groups is 2. The van der Waals surface area contributed by atoms with Crippen molar-refractivity contribution in [3.05, 3.63) is 35.8 Å². The Morgan fingerprint density at radius 3 is 2.70 bits per heavy atom. The second kappa shape index (κ2) is 6.28. The van der Waals surface area contributed by atoms with Crippen molar-refractivity contribution in [2.75, 3.05) is 0 Å². The molecule has 0 fully saturated rings. The van der Waals surface area contributed by atoms with Crippen LogP contribution in [-0.4, -0.2) is 33.8 Å². The number of carboxylic acid groups (broad SMARTS) is 1. The Bertz CT molecular complexity index is 733. The Labute approximate surface area is 132 Å². The molecule has 2 rings (SSSR count). The standard InChI is InChI=1S/C16H19FN2O4/c1-16(2,3)23-15(22)19-13(14(20)21)6-9-8-18-12-7-10(17)4-5-11(9)12/h4-5,7-8,13,18H,6H2,1-3H3,(H,19,22)(H,20,21). The van der Waals surface area contributed by atoms with Crippen LogP contribution in [0.25, 0.3) is 10.9 Å². The van der Waals surface area contributed by atoms with Crippen molar-refractivity contribution >= 4 is 23.0 Å². The van der Waals surface area contributed by atoms with Crippen molar-refractivity contribution in [1.29, 1.82) is 0 Å². The van der Waals surface area contributed by atoms with E-state index in [0.29, 0.717) is 16.5 Å². The third kappa shape index (κ3) is 4.45. The van der Waals surface area contributed by atoms with Crippen LogP contribution in [0.1, 0.15) is 26.3 Å². The number of aromatic nitrogens is 1. The van der Waals surface area contributed by atoms with Gasteiger partial charge in [0, 0.05) is 23.5 Å². The van der Waals surface area contributed by atoms with Gasteiger partial charge < -0.3 is 20.1 Å². The van der Waals surface area contributed by atoms with Gasteiger partial charge >= 0.3 is 12.1 Å². The maximum Gasteiger partial charge on any atom is 0.408 e. The number of aliphatic carboxylic acids is 1. The van der Waals surface area contributed by atoms with Crippen molar-refractivity contribution in [3.63, 3.8) is 0 Å². The molecule has 0 radical (unpaired) electrons. The predicted octanol–water partition coefficient (Wildman–Crippen LogP) is 2.83. The number of fused-ring (bicyclic) bond motifs is 1. The van der Waals surface area contributed by atoms with Gasteiger partial charge in [0.2, 0.25) is 0 Å². The van der Waals surface area contributed by atoms with Crippen molar-refractivity contribution in [1.82, 2.24) is 10.3 Å². The highest BCUT2D eigenvalue weighted by molar-refractivity contribution is 5.85. The second-order valence-electron chi connectivity index (χ2n) is 6.24. The van der Waals surface area contributed by atoms with E-state index in [1.807, 2.05) is 0 Å². The van der Waals surface area contributed by atoms with Crippen LogP contribution in [0.2, 0.25) is 0 Å². The molecule has 3 N–H and O–H groups in total. The van der Waals surface area contributed by atoms with Gasteiger partial charge in [0.25, 0.3) is 0 Å². The summed E-state index contributed by atoms with van der Waals surface area (Å²) in [6, 6.07) is 3.06. The first-order chi connectivity index (χ1) is 10.7. The lowest BCUT2D eigenvalue weighted by Gasteiger charge is -2.22. The van der Waals surface area contributed by atoms with E-state index in [1.54, 1.807) is 33.0 Å². The molecule has 6 nitrogen and oxygen atoms in total. The van der Waals surface area contributed by atoms with Crippen LogP contribution in [0.3, 0.4) is 0 Å². The van der Waals surface area contributed by atoms with Gasteiger partial charge in [0.15, 0.2) is 0 Å². The Balaban J connectivity index is 2.15. The zero-order valence-corrected chi connectivity index (χ0v) is 13.1. The van der Waals surface area contributed by atoms with Crippen molar-refractivity contribution in [2.24, 2.45) is 0 Å². The summed E-state index contributed by atoms with van der Waals surface area (Å²) in [4.78, 5) is 26.0. The molecule has 0 aliphatic carbocycles. The molecule has 1 aromatic heterocycles. The van der Waals surface area contributed by atoms with Crippen molar-refractivity contribution in [2.45, 2.75) is 38.8 Å². The van der Waals surface area contributed by atoms with E-state index < -0.39 is 23.7 Å². The first kappa shape index (κ1) is 16.8. The largest absolute Gasteiger partial charge is 0.480 e. The van der Waals surface area contributed by atoms with Crippen LogP contribution in [0.5, 0.6) is 0 Å². The van der Waals surface area contributed by atoms with Gasteiger partial charge in [-0.3, -0.25) is 0 Å². The summed E-state index contributed by atoms with van der Waals surface area (Å²) in [7, 11) is 0. The number of alkyl carbamates (subject to hydrolysis) is 1. The number of aromatic amines is 1. The van der Waals surface area contributed by atoms with Crippen LogP contribution in [0.15, 0.2) is 24.4 Å². The van der Waals surface area contributed by atoms with Crippen LogP contribution in [-0.2, 0) is 16.0 Å². The van der Waals surface area contributed by atoms with Gasteiger partial charge in [0.1, 0.15) is 17.5 Å². The Morgan fingerprint density at radius 2 is 2.09 bits per heavy atom. The summed E-state index contributed by atoms with van der Waals surface area (Å²) < 4.78 is 18.2. The average Bonchev–Trinajstić information content (AvgIpc) is 2.78. The molecule has 1 aromatic carbocycles. The summed E-state index contributed by atoms with van der Waals surface area (Å²) in [5.41, 5.74) is 0.524. The number of halogens is 1. The van der Waals surface area contributed by atoms with Crippen LogP contribution in [0.4, 0.5) is 9.18 Å². The molecule has 0 saturated heterocycles. The van der Waals surface area contributed by atoms with Gasteiger partial charge in [-0.1, -0.05) is 0 Å². The minimum atomic E-state index is -1.17. The second-order valence-corrected chi connectivity index (χ2v) is 6.24. The number of rotatable bonds is 4. The normalized spacial score (nSPS) is 12.9. The predicted molar refractivity (Wildman–Crippen MR) is 82.8 cm³/mol. The number of carboxylic acids is 1. The molecule has 0 aliphatic heterocycles. The number of hydrogen-bond donors (Lipinski definition) is 3. The van der Waals surface area contributed by atoms with Crippen molar-refractivity contribution in [3.8, 4) is 0 Å². The zero-order valence-electron chi connectivity index (χ0n) is 13.1. The number of nitrogens with one attached hydrogen (secondary N) is 2. The molecule has 1 heterocycles. The lowest BCUT2D eigenvalue weighted by Crippen LogP contribution is -2.44. The fraction of sp³-hybridized carbons (Fsp3) is 0.375. The number of amides is 1. The fourth-order valence-corrected chi connectivity index (χ4v) is 2.20. The van der Waals surface area contributed by atoms with Crippen LogP contribution >= 0.6 is 0 Å². The number of ether oxygens (including phenoxy) is 1. The van der Waals surface area contributed by atoms with E-state index in [-0.39, 0.29) is 12.2 Å². The fourth-order valence-electron chi connectivity index (χ4n) is 2.20.